The molecule has 1 unspecified atom stereocenters. The molecule has 1 aliphatic heterocycles. The van der Waals surface area contributed by atoms with Crippen LogP contribution in [0.2, 0.25) is 0 Å². The van der Waals surface area contributed by atoms with Crippen LogP contribution < -0.4 is 10.6 Å². The highest BCUT2D eigenvalue weighted by Gasteiger charge is 2.49. The lowest BCUT2D eigenvalue weighted by Crippen LogP contribution is -2.58. The molecule has 1 heterocycles. The van der Waals surface area contributed by atoms with E-state index in [0.29, 0.717) is 30.7 Å². The maximum atomic E-state index is 12.3. The van der Waals surface area contributed by atoms with Crippen molar-refractivity contribution in [1.82, 2.24) is 10.6 Å². The number of rotatable bonds is 2. The number of amides is 2. The summed E-state index contributed by atoms with van der Waals surface area (Å²) in [6, 6.07) is 0.113. The molecule has 1 atom stereocenters. The first-order valence-electron chi connectivity index (χ1n) is 7.79. The van der Waals surface area contributed by atoms with E-state index in [4.69, 9.17) is 0 Å². The summed E-state index contributed by atoms with van der Waals surface area (Å²) in [6.45, 7) is 0. The van der Waals surface area contributed by atoms with Crippen LogP contribution in [0, 0.1) is 23.7 Å². The van der Waals surface area contributed by atoms with E-state index < -0.39 is 0 Å². The second-order valence-electron chi connectivity index (χ2n) is 7.12. The molecule has 4 aliphatic carbocycles. The van der Waals surface area contributed by atoms with Crippen LogP contribution in [0.5, 0.6) is 0 Å². The second-order valence-corrected chi connectivity index (χ2v) is 7.12. The monoisotopic (exact) mass is 262 g/mol. The van der Waals surface area contributed by atoms with E-state index in [2.05, 4.69) is 10.6 Å². The van der Waals surface area contributed by atoms with Gasteiger partial charge in [0.2, 0.25) is 11.8 Å². The molecule has 4 heteroatoms. The Kier molecular flexibility index (Phi) is 2.61. The van der Waals surface area contributed by atoms with E-state index in [-0.39, 0.29) is 17.9 Å². The van der Waals surface area contributed by atoms with Gasteiger partial charge in [-0.3, -0.25) is 9.59 Å². The molecule has 2 N–H and O–H groups in total. The Labute approximate surface area is 113 Å². The fraction of sp³-hybridized carbons (Fsp3) is 0.867. The number of hydrogen-bond donors (Lipinski definition) is 2. The first-order valence-corrected chi connectivity index (χ1v) is 7.79. The van der Waals surface area contributed by atoms with Crippen molar-refractivity contribution in [2.75, 3.05) is 0 Å². The van der Waals surface area contributed by atoms with E-state index in [1.54, 1.807) is 0 Å². The van der Waals surface area contributed by atoms with Gasteiger partial charge in [-0.2, -0.15) is 0 Å². The summed E-state index contributed by atoms with van der Waals surface area (Å²) in [6.07, 6.45) is 7.86. The van der Waals surface area contributed by atoms with E-state index in [1.807, 2.05) is 0 Å². The fourth-order valence-electron chi connectivity index (χ4n) is 5.24. The molecule has 5 aliphatic rings. The SMILES string of the molecule is O=C1CCC(C(=O)NC2C3CC4CC(C3)CC2C4)N1. The lowest BCUT2D eigenvalue weighted by Gasteiger charge is -2.54. The van der Waals surface area contributed by atoms with Crippen molar-refractivity contribution in [2.45, 2.75) is 57.0 Å². The van der Waals surface area contributed by atoms with Crippen LogP contribution >= 0.6 is 0 Å². The molecule has 0 aromatic carbocycles. The van der Waals surface area contributed by atoms with Crippen molar-refractivity contribution in [3.8, 4) is 0 Å². The third-order valence-corrected chi connectivity index (χ3v) is 5.85. The second kappa shape index (κ2) is 4.22. The predicted octanol–water partition coefficient (Wildman–Crippen LogP) is 1.21. The summed E-state index contributed by atoms with van der Waals surface area (Å²) >= 11 is 0. The van der Waals surface area contributed by atoms with Crippen LogP contribution in [0.15, 0.2) is 0 Å². The van der Waals surface area contributed by atoms with Gasteiger partial charge in [-0.1, -0.05) is 0 Å². The van der Waals surface area contributed by atoms with Gasteiger partial charge in [0.25, 0.3) is 0 Å². The zero-order valence-corrected chi connectivity index (χ0v) is 11.2. The fourth-order valence-corrected chi connectivity index (χ4v) is 5.24. The largest absolute Gasteiger partial charge is 0.351 e. The Morgan fingerprint density at radius 1 is 1.05 bits per heavy atom. The lowest BCUT2D eigenvalue weighted by molar-refractivity contribution is -0.128. The van der Waals surface area contributed by atoms with Gasteiger partial charge in [-0.15, -0.1) is 0 Å². The third kappa shape index (κ3) is 1.96. The topological polar surface area (TPSA) is 58.2 Å². The summed E-state index contributed by atoms with van der Waals surface area (Å²) in [4.78, 5) is 23.5. The van der Waals surface area contributed by atoms with Gasteiger partial charge in [-0.25, -0.2) is 0 Å². The minimum absolute atomic E-state index is 0.0187. The van der Waals surface area contributed by atoms with Crippen molar-refractivity contribution in [2.24, 2.45) is 23.7 Å². The van der Waals surface area contributed by atoms with Crippen LogP contribution in [0.25, 0.3) is 0 Å². The molecule has 4 nitrogen and oxygen atoms in total. The summed E-state index contributed by atoms with van der Waals surface area (Å²) in [5, 5.41) is 6.05. The average Bonchev–Trinajstić information content (AvgIpc) is 2.79. The molecule has 5 fully saturated rings. The molecule has 4 saturated carbocycles. The molecule has 2 amide bonds. The highest BCUT2D eigenvalue weighted by Crippen LogP contribution is 2.53. The molecule has 0 spiro atoms. The maximum Gasteiger partial charge on any atom is 0.242 e. The van der Waals surface area contributed by atoms with Gasteiger partial charge in [0.1, 0.15) is 6.04 Å². The van der Waals surface area contributed by atoms with Gasteiger partial charge >= 0.3 is 0 Å². The minimum atomic E-state index is -0.273. The lowest BCUT2D eigenvalue weighted by atomic mass is 9.54. The van der Waals surface area contributed by atoms with Gasteiger partial charge in [0.15, 0.2) is 0 Å². The number of carbonyl (C=O) groups is 2. The minimum Gasteiger partial charge on any atom is -0.351 e. The molecule has 104 valence electrons. The van der Waals surface area contributed by atoms with Crippen molar-refractivity contribution < 1.29 is 9.59 Å². The molecule has 19 heavy (non-hydrogen) atoms. The first kappa shape index (κ1) is 11.7. The van der Waals surface area contributed by atoms with Crippen LogP contribution in [0.3, 0.4) is 0 Å². The Morgan fingerprint density at radius 3 is 2.21 bits per heavy atom. The zero-order chi connectivity index (χ0) is 13.0. The Morgan fingerprint density at radius 2 is 1.68 bits per heavy atom. The summed E-state index contributed by atoms with van der Waals surface area (Å²) in [7, 11) is 0. The average molecular weight is 262 g/mol. The van der Waals surface area contributed by atoms with Crippen LogP contribution in [0.4, 0.5) is 0 Å². The highest BCUT2D eigenvalue weighted by molar-refractivity contribution is 5.90. The van der Waals surface area contributed by atoms with Gasteiger partial charge in [-0.05, 0) is 62.2 Å². The van der Waals surface area contributed by atoms with Crippen molar-refractivity contribution in [3.63, 3.8) is 0 Å². The van der Waals surface area contributed by atoms with Crippen molar-refractivity contribution in [3.05, 3.63) is 0 Å². The predicted molar refractivity (Wildman–Crippen MR) is 70.1 cm³/mol. The smallest absolute Gasteiger partial charge is 0.242 e. The van der Waals surface area contributed by atoms with Crippen LogP contribution in [0.1, 0.15) is 44.9 Å². The Balaban J connectivity index is 1.43. The van der Waals surface area contributed by atoms with Gasteiger partial charge < -0.3 is 10.6 Å². The first-order chi connectivity index (χ1) is 9.19. The zero-order valence-electron chi connectivity index (χ0n) is 11.2. The summed E-state index contributed by atoms with van der Waals surface area (Å²) in [5.74, 6) is 3.35. The van der Waals surface area contributed by atoms with Crippen LogP contribution in [-0.2, 0) is 9.59 Å². The van der Waals surface area contributed by atoms with E-state index in [1.165, 1.54) is 32.1 Å². The van der Waals surface area contributed by atoms with E-state index >= 15 is 0 Å². The highest BCUT2D eigenvalue weighted by atomic mass is 16.2. The molecule has 0 aromatic rings. The molecule has 0 aromatic heterocycles. The summed E-state index contributed by atoms with van der Waals surface area (Å²) < 4.78 is 0. The molecular weight excluding hydrogens is 240 g/mol. The molecule has 5 rings (SSSR count). The molecule has 1 saturated heterocycles. The summed E-state index contributed by atoms with van der Waals surface area (Å²) in [5.41, 5.74) is 0. The number of nitrogens with one attached hydrogen (secondary N) is 2. The van der Waals surface area contributed by atoms with E-state index in [9.17, 15) is 9.59 Å². The van der Waals surface area contributed by atoms with E-state index in [0.717, 1.165) is 11.8 Å². The normalized spacial score (nSPS) is 47.3. The Hall–Kier alpha value is -1.06. The maximum absolute atomic E-state index is 12.3. The number of carbonyl (C=O) groups excluding carboxylic acids is 2. The quantitative estimate of drug-likeness (QED) is 0.786. The van der Waals surface area contributed by atoms with Gasteiger partial charge in [0, 0.05) is 12.5 Å². The van der Waals surface area contributed by atoms with Gasteiger partial charge in [0.05, 0.1) is 0 Å². The standard InChI is InChI=1S/C15H22N2O2/c18-13-2-1-12(16-13)15(19)17-14-10-4-8-3-9(6-10)7-11(14)5-8/h8-12,14H,1-7H2,(H,16,18)(H,17,19). The van der Waals surface area contributed by atoms with Crippen molar-refractivity contribution in [1.29, 1.82) is 0 Å². The molecule has 0 radical (unpaired) electrons. The molecule has 4 bridgehead atoms. The van der Waals surface area contributed by atoms with Crippen LogP contribution in [-0.4, -0.2) is 23.9 Å². The Bertz CT molecular complexity index is 392. The third-order valence-electron chi connectivity index (χ3n) is 5.85. The molecular formula is C15H22N2O2. The van der Waals surface area contributed by atoms with Crippen molar-refractivity contribution >= 4 is 11.8 Å². The number of hydrogen-bond acceptors (Lipinski definition) is 2.